The van der Waals surface area contributed by atoms with Crippen LogP contribution in [0.2, 0.25) is 0 Å². The number of Topliss-reactive ketones (excluding diaryl/α,β-unsaturated/α-hetero) is 1. The SMILES string of the molecule is Cc1ccc(Br)c2c1CC1(CC2)NC(=O)CC1=O. The summed E-state index contributed by atoms with van der Waals surface area (Å²) in [4.78, 5) is 23.5. The number of carbonyl (C=O) groups is 2. The third-order valence-electron chi connectivity index (χ3n) is 4.12. The van der Waals surface area contributed by atoms with Crippen LogP contribution in [-0.4, -0.2) is 17.2 Å². The zero-order chi connectivity index (χ0) is 12.9. The maximum absolute atomic E-state index is 12.1. The molecule has 1 spiro atoms. The number of nitrogens with one attached hydrogen (secondary N) is 1. The number of benzene rings is 1. The van der Waals surface area contributed by atoms with Crippen molar-refractivity contribution in [3.8, 4) is 0 Å². The average Bonchev–Trinajstić information content (AvgIpc) is 2.59. The van der Waals surface area contributed by atoms with E-state index in [4.69, 9.17) is 0 Å². The summed E-state index contributed by atoms with van der Waals surface area (Å²) in [5, 5.41) is 2.90. The summed E-state index contributed by atoms with van der Waals surface area (Å²) < 4.78 is 1.11. The van der Waals surface area contributed by atoms with Gasteiger partial charge in [-0.1, -0.05) is 22.0 Å². The van der Waals surface area contributed by atoms with Crippen molar-refractivity contribution in [3.05, 3.63) is 33.3 Å². The highest BCUT2D eigenvalue weighted by atomic mass is 79.9. The van der Waals surface area contributed by atoms with Crippen LogP contribution in [0, 0.1) is 6.92 Å². The first-order valence-corrected chi connectivity index (χ1v) is 6.92. The van der Waals surface area contributed by atoms with Crippen molar-refractivity contribution in [2.24, 2.45) is 0 Å². The minimum absolute atomic E-state index is 0.0440. The molecule has 3 nitrogen and oxygen atoms in total. The van der Waals surface area contributed by atoms with Crippen LogP contribution in [0.25, 0.3) is 0 Å². The van der Waals surface area contributed by atoms with Crippen molar-refractivity contribution in [1.29, 1.82) is 0 Å². The average molecular weight is 308 g/mol. The zero-order valence-electron chi connectivity index (χ0n) is 10.2. The summed E-state index contributed by atoms with van der Waals surface area (Å²) in [6.07, 6.45) is 2.23. The predicted octanol–water partition coefficient (Wildman–Crippen LogP) is 2.07. The monoisotopic (exact) mass is 307 g/mol. The minimum atomic E-state index is -0.629. The maximum atomic E-state index is 12.1. The van der Waals surface area contributed by atoms with Crippen molar-refractivity contribution in [1.82, 2.24) is 5.32 Å². The first-order valence-electron chi connectivity index (χ1n) is 6.13. The topological polar surface area (TPSA) is 46.2 Å². The molecular formula is C14H14BrNO2. The molecule has 3 rings (SSSR count). The number of carbonyl (C=O) groups excluding carboxylic acids is 2. The van der Waals surface area contributed by atoms with Crippen molar-refractivity contribution < 1.29 is 9.59 Å². The van der Waals surface area contributed by atoms with Crippen LogP contribution in [0.5, 0.6) is 0 Å². The van der Waals surface area contributed by atoms with Gasteiger partial charge in [0, 0.05) is 10.9 Å². The second-order valence-corrected chi connectivity index (χ2v) is 6.08. The molecule has 1 aromatic carbocycles. The first-order chi connectivity index (χ1) is 8.52. The van der Waals surface area contributed by atoms with Gasteiger partial charge in [0.2, 0.25) is 5.91 Å². The highest BCUT2D eigenvalue weighted by molar-refractivity contribution is 9.10. The molecule has 94 valence electrons. The van der Waals surface area contributed by atoms with Crippen LogP contribution >= 0.6 is 15.9 Å². The number of hydrogen-bond acceptors (Lipinski definition) is 2. The van der Waals surface area contributed by atoms with E-state index in [1.807, 2.05) is 0 Å². The van der Waals surface area contributed by atoms with Gasteiger partial charge in [0.15, 0.2) is 5.78 Å². The van der Waals surface area contributed by atoms with Crippen LogP contribution < -0.4 is 5.32 Å². The van der Waals surface area contributed by atoms with E-state index >= 15 is 0 Å². The molecule has 1 aromatic rings. The smallest absolute Gasteiger partial charge is 0.228 e. The van der Waals surface area contributed by atoms with Crippen molar-refractivity contribution in [2.45, 2.75) is 38.1 Å². The highest BCUT2D eigenvalue weighted by Gasteiger charge is 2.47. The van der Waals surface area contributed by atoms with E-state index in [9.17, 15) is 9.59 Å². The van der Waals surface area contributed by atoms with Gasteiger partial charge < -0.3 is 5.32 Å². The molecule has 0 saturated carbocycles. The van der Waals surface area contributed by atoms with Gasteiger partial charge in [0.25, 0.3) is 0 Å². The van der Waals surface area contributed by atoms with Crippen LogP contribution in [-0.2, 0) is 22.4 Å². The van der Waals surface area contributed by atoms with Crippen LogP contribution in [0.4, 0.5) is 0 Å². The number of ketones is 1. The van der Waals surface area contributed by atoms with Crippen molar-refractivity contribution in [3.63, 3.8) is 0 Å². The molecule has 1 N–H and O–H groups in total. The van der Waals surface area contributed by atoms with Crippen LogP contribution in [0.3, 0.4) is 0 Å². The lowest BCUT2D eigenvalue weighted by molar-refractivity contribution is -0.123. The maximum Gasteiger partial charge on any atom is 0.228 e. The van der Waals surface area contributed by atoms with Crippen LogP contribution in [0.15, 0.2) is 16.6 Å². The van der Waals surface area contributed by atoms with E-state index in [0.29, 0.717) is 12.8 Å². The third-order valence-corrected chi connectivity index (χ3v) is 4.87. The number of aryl methyl sites for hydroxylation is 1. The van der Waals surface area contributed by atoms with E-state index in [1.165, 1.54) is 16.7 Å². The fraction of sp³-hybridized carbons (Fsp3) is 0.429. The fourth-order valence-electron chi connectivity index (χ4n) is 3.07. The van der Waals surface area contributed by atoms with Crippen molar-refractivity contribution in [2.75, 3.05) is 0 Å². The van der Waals surface area contributed by atoms with E-state index in [1.54, 1.807) is 0 Å². The lowest BCUT2D eigenvalue weighted by Crippen LogP contribution is -2.51. The molecule has 4 heteroatoms. The lowest BCUT2D eigenvalue weighted by atomic mass is 9.75. The Balaban J connectivity index is 2.06. The number of hydrogen-bond donors (Lipinski definition) is 1. The molecule has 0 aromatic heterocycles. The van der Waals surface area contributed by atoms with E-state index in [0.717, 1.165) is 10.9 Å². The van der Waals surface area contributed by atoms with E-state index < -0.39 is 5.54 Å². The summed E-state index contributed by atoms with van der Waals surface area (Å²) in [6, 6.07) is 4.12. The minimum Gasteiger partial charge on any atom is -0.343 e. The quantitative estimate of drug-likeness (QED) is 0.746. The number of halogens is 1. The molecule has 0 bridgehead atoms. The summed E-state index contributed by atoms with van der Waals surface area (Å²) >= 11 is 3.57. The number of fused-ring (bicyclic) bond motifs is 1. The molecule has 1 saturated heterocycles. The summed E-state index contributed by atoms with van der Waals surface area (Å²) in [7, 11) is 0. The number of amides is 1. The standard InChI is InChI=1S/C14H14BrNO2/c1-8-2-3-11(15)9-4-5-14(7-10(8)9)12(17)6-13(18)16-14/h2-3H,4-7H2,1H3,(H,16,18). The van der Waals surface area contributed by atoms with Gasteiger partial charge in [-0.2, -0.15) is 0 Å². The molecule has 1 amide bonds. The first kappa shape index (κ1) is 11.9. The Bertz CT molecular complexity index is 567. The van der Waals surface area contributed by atoms with Gasteiger partial charge in [-0.05, 0) is 42.5 Å². The van der Waals surface area contributed by atoms with Gasteiger partial charge in [-0.25, -0.2) is 0 Å². The Kier molecular flexibility index (Phi) is 2.59. The summed E-state index contributed by atoms with van der Waals surface area (Å²) in [5.74, 6) is -0.0753. The van der Waals surface area contributed by atoms with E-state index in [2.05, 4.69) is 40.3 Å². The van der Waals surface area contributed by atoms with E-state index in [-0.39, 0.29) is 18.1 Å². The highest BCUT2D eigenvalue weighted by Crippen LogP contribution is 2.37. The third kappa shape index (κ3) is 1.62. The normalized spacial score (nSPS) is 26.3. The van der Waals surface area contributed by atoms with Gasteiger partial charge in [-0.15, -0.1) is 0 Å². The largest absolute Gasteiger partial charge is 0.343 e. The summed E-state index contributed by atoms with van der Waals surface area (Å²) in [5.41, 5.74) is 3.07. The van der Waals surface area contributed by atoms with Crippen LogP contribution in [0.1, 0.15) is 29.5 Å². The Morgan fingerprint density at radius 2 is 2.06 bits per heavy atom. The molecule has 1 aliphatic heterocycles. The molecule has 2 aliphatic rings. The molecular weight excluding hydrogens is 294 g/mol. The summed E-state index contributed by atoms with van der Waals surface area (Å²) in [6.45, 7) is 2.06. The second kappa shape index (κ2) is 3.92. The van der Waals surface area contributed by atoms with Gasteiger partial charge in [0.1, 0.15) is 5.54 Å². The molecule has 0 radical (unpaired) electrons. The molecule has 1 heterocycles. The van der Waals surface area contributed by atoms with Gasteiger partial charge in [-0.3, -0.25) is 9.59 Å². The van der Waals surface area contributed by atoms with Crippen molar-refractivity contribution >= 4 is 27.6 Å². The fourth-order valence-corrected chi connectivity index (χ4v) is 3.64. The van der Waals surface area contributed by atoms with Gasteiger partial charge >= 0.3 is 0 Å². The molecule has 1 aliphatic carbocycles. The lowest BCUT2D eigenvalue weighted by Gasteiger charge is -2.34. The molecule has 1 fully saturated rings. The molecule has 18 heavy (non-hydrogen) atoms. The molecule has 1 atom stereocenters. The van der Waals surface area contributed by atoms with Gasteiger partial charge in [0.05, 0.1) is 6.42 Å². The predicted molar refractivity (Wildman–Crippen MR) is 71.4 cm³/mol. The second-order valence-electron chi connectivity index (χ2n) is 5.23. The Hall–Kier alpha value is -1.16. The Morgan fingerprint density at radius 3 is 2.72 bits per heavy atom. The zero-order valence-corrected chi connectivity index (χ0v) is 11.8. The molecule has 1 unspecified atom stereocenters. The Morgan fingerprint density at radius 1 is 1.28 bits per heavy atom. The number of rotatable bonds is 0. The Labute approximate surface area is 114 Å².